The zero-order chi connectivity index (χ0) is 17.5. The van der Waals surface area contributed by atoms with Crippen LogP contribution < -0.4 is 10.6 Å². The molecule has 3 rings (SSSR count). The van der Waals surface area contributed by atoms with E-state index in [0.717, 1.165) is 11.4 Å². The standard InChI is InChI=1S/C18H18N4O3/c23-17(5-1-10-19-18(24)16-4-2-13-25-16)21-14-6-8-15(9-7-14)22-12-3-11-20-22/h2-4,6-9,11-13H,1,5,10H2,(H,19,24)(H,21,23). The van der Waals surface area contributed by atoms with Gasteiger partial charge in [-0.25, -0.2) is 4.68 Å². The largest absolute Gasteiger partial charge is 0.459 e. The van der Waals surface area contributed by atoms with Crippen LogP contribution in [0.5, 0.6) is 0 Å². The Hall–Kier alpha value is -3.35. The zero-order valence-electron chi connectivity index (χ0n) is 13.5. The molecule has 0 aliphatic heterocycles. The van der Waals surface area contributed by atoms with E-state index in [-0.39, 0.29) is 17.6 Å². The van der Waals surface area contributed by atoms with Gasteiger partial charge in [-0.1, -0.05) is 0 Å². The minimum Gasteiger partial charge on any atom is -0.459 e. The highest BCUT2D eigenvalue weighted by atomic mass is 16.3. The molecule has 7 heteroatoms. The van der Waals surface area contributed by atoms with Gasteiger partial charge in [0, 0.05) is 31.0 Å². The molecule has 2 heterocycles. The molecule has 2 N–H and O–H groups in total. The first kappa shape index (κ1) is 16.5. The Balaban J connectivity index is 1.40. The van der Waals surface area contributed by atoms with E-state index in [9.17, 15) is 9.59 Å². The topological polar surface area (TPSA) is 89.2 Å². The molecule has 0 spiro atoms. The van der Waals surface area contributed by atoms with E-state index in [1.165, 1.54) is 6.26 Å². The summed E-state index contributed by atoms with van der Waals surface area (Å²) < 4.78 is 6.73. The molecule has 0 aliphatic carbocycles. The summed E-state index contributed by atoms with van der Waals surface area (Å²) in [5, 5.41) is 9.68. The quantitative estimate of drug-likeness (QED) is 0.648. The average molecular weight is 338 g/mol. The Morgan fingerprint density at radius 2 is 1.96 bits per heavy atom. The first-order chi connectivity index (χ1) is 12.2. The lowest BCUT2D eigenvalue weighted by Crippen LogP contribution is -2.25. The number of benzene rings is 1. The Labute approximate surface area is 144 Å². The first-order valence-corrected chi connectivity index (χ1v) is 7.94. The second-order valence-electron chi connectivity index (χ2n) is 5.38. The van der Waals surface area contributed by atoms with Crippen LogP contribution >= 0.6 is 0 Å². The maximum absolute atomic E-state index is 11.9. The molecule has 0 saturated heterocycles. The van der Waals surface area contributed by atoms with E-state index in [0.29, 0.717) is 19.4 Å². The molecule has 2 amide bonds. The molecule has 0 fully saturated rings. The number of amides is 2. The van der Waals surface area contributed by atoms with Crippen LogP contribution in [0.25, 0.3) is 5.69 Å². The number of aromatic nitrogens is 2. The molecular formula is C18H18N4O3. The van der Waals surface area contributed by atoms with Gasteiger partial charge in [0.15, 0.2) is 5.76 Å². The fourth-order valence-electron chi connectivity index (χ4n) is 2.29. The number of carbonyl (C=O) groups excluding carboxylic acids is 2. The summed E-state index contributed by atoms with van der Waals surface area (Å²) in [4.78, 5) is 23.6. The van der Waals surface area contributed by atoms with Gasteiger partial charge in [0.2, 0.25) is 5.91 Å². The van der Waals surface area contributed by atoms with E-state index >= 15 is 0 Å². The number of nitrogens with one attached hydrogen (secondary N) is 2. The lowest BCUT2D eigenvalue weighted by atomic mass is 10.2. The molecule has 25 heavy (non-hydrogen) atoms. The number of furan rings is 1. The van der Waals surface area contributed by atoms with Gasteiger partial charge in [0.05, 0.1) is 12.0 Å². The third-order valence-electron chi connectivity index (χ3n) is 3.53. The van der Waals surface area contributed by atoms with Gasteiger partial charge in [0.25, 0.3) is 5.91 Å². The van der Waals surface area contributed by atoms with Gasteiger partial charge in [0.1, 0.15) is 0 Å². The second kappa shape index (κ2) is 7.96. The van der Waals surface area contributed by atoms with E-state index < -0.39 is 0 Å². The summed E-state index contributed by atoms with van der Waals surface area (Å²) in [7, 11) is 0. The van der Waals surface area contributed by atoms with Crippen LogP contribution in [0.4, 0.5) is 5.69 Å². The van der Waals surface area contributed by atoms with Gasteiger partial charge in [-0.2, -0.15) is 5.10 Å². The lowest BCUT2D eigenvalue weighted by Gasteiger charge is -2.07. The number of rotatable bonds is 7. The van der Waals surface area contributed by atoms with E-state index in [4.69, 9.17) is 4.42 Å². The summed E-state index contributed by atoms with van der Waals surface area (Å²) in [6.07, 6.45) is 5.87. The van der Waals surface area contributed by atoms with Crippen molar-refractivity contribution in [3.8, 4) is 5.69 Å². The van der Waals surface area contributed by atoms with Crippen LogP contribution in [0.1, 0.15) is 23.4 Å². The highest BCUT2D eigenvalue weighted by Crippen LogP contribution is 2.13. The summed E-state index contributed by atoms with van der Waals surface area (Å²) in [6, 6.07) is 12.5. The van der Waals surface area contributed by atoms with Crippen molar-refractivity contribution in [1.29, 1.82) is 0 Å². The third-order valence-corrected chi connectivity index (χ3v) is 3.53. The highest BCUT2D eigenvalue weighted by Gasteiger charge is 2.08. The maximum atomic E-state index is 11.9. The summed E-state index contributed by atoms with van der Waals surface area (Å²) in [6.45, 7) is 0.408. The molecular weight excluding hydrogens is 320 g/mol. The van der Waals surface area contributed by atoms with Crippen LogP contribution in [-0.2, 0) is 4.79 Å². The zero-order valence-corrected chi connectivity index (χ0v) is 13.5. The van der Waals surface area contributed by atoms with Crippen LogP contribution in [0.2, 0.25) is 0 Å². The number of hydrogen-bond donors (Lipinski definition) is 2. The maximum Gasteiger partial charge on any atom is 0.286 e. The molecule has 0 bridgehead atoms. The number of carbonyl (C=O) groups is 2. The predicted molar refractivity (Wildman–Crippen MR) is 92.5 cm³/mol. The summed E-state index contributed by atoms with van der Waals surface area (Å²) >= 11 is 0. The summed E-state index contributed by atoms with van der Waals surface area (Å²) in [5.41, 5.74) is 1.64. The van der Waals surface area contributed by atoms with Gasteiger partial charge >= 0.3 is 0 Å². The Bertz CT molecular complexity index is 809. The smallest absolute Gasteiger partial charge is 0.286 e. The van der Waals surface area contributed by atoms with Crippen molar-refractivity contribution in [2.75, 3.05) is 11.9 Å². The second-order valence-corrected chi connectivity index (χ2v) is 5.38. The monoisotopic (exact) mass is 338 g/mol. The van der Waals surface area contributed by atoms with Gasteiger partial charge in [-0.3, -0.25) is 9.59 Å². The lowest BCUT2D eigenvalue weighted by molar-refractivity contribution is -0.116. The molecule has 2 aromatic heterocycles. The van der Waals surface area contributed by atoms with Crippen LogP contribution in [0.3, 0.4) is 0 Å². The SMILES string of the molecule is O=C(CCCNC(=O)c1ccco1)Nc1ccc(-n2cccn2)cc1. The average Bonchev–Trinajstić information content (AvgIpc) is 3.32. The Morgan fingerprint density at radius 1 is 1.12 bits per heavy atom. The predicted octanol–water partition coefficient (Wildman–Crippen LogP) is 2.61. The van der Waals surface area contributed by atoms with Crippen molar-refractivity contribution in [1.82, 2.24) is 15.1 Å². The molecule has 0 saturated carbocycles. The summed E-state index contributed by atoms with van der Waals surface area (Å²) in [5.74, 6) is -0.111. The molecule has 1 aromatic carbocycles. The van der Waals surface area contributed by atoms with Crippen LogP contribution in [0.15, 0.2) is 65.5 Å². The molecule has 0 aliphatic rings. The number of nitrogens with zero attached hydrogens (tertiary/aromatic N) is 2. The van der Waals surface area contributed by atoms with Crippen LogP contribution in [-0.4, -0.2) is 28.1 Å². The minimum absolute atomic E-state index is 0.0981. The van der Waals surface area contributed by atoms with Crippen molar-refractivity contribution in [3.63, 3.8) is 0 Å². The molecule has 3 aromatic rings. The van der Waals surface area contributed by atoms with Crippen molar-refractivity contribution in [2.45, 2.75) is 12.8 Å². The molecule has 7 nitrogen and oxygen atoms in total. The molecule has 0 unspecified atom stereocenters. The number of anilines is 1. The van der Waals surface area contributed by atoms with E-state index in [2.05, 4.69) is 15.7 Å². The minimum atomic E-state index is -0.278. The Morgan fingerprint density at radius 3 is 2.64 bits per heavy atom. The van der Waals surface area contributed by atoms with Gasteiger partial charge in [-0.15, -0.1) is 0 Å². The first-order valence-electron chi connectivity index (χ1n) is 7.94. The molecule has 128 valence electrons. The fraction of sp³-hybridized carbons (Fsp3) is 0.167. The fourth-order valence-corrected chi connectivity index (χ4v) is 2.29. The number of hydrogen-bond acceptors (Lipinski definition) is 4. The van der Waals surface area contributed by atoms with Crippen LogP contribution in [0, 0.1) is 0 Å². The molecule has 0 radical (unpaired) electrons. The highest BCUT2D eigenvalue weighted by molar-refractivity contribution is 5.92. The van der Waals surface area contributed by atoms with Crippen molar-refractivity contribution in [3.05, 3.63) is 66.9 Å². The van der Waals surface area contributed by atoms with Crippen molar-refractivity contribution in [2.24, 2.45) is 0 Å². The third kappa shape index (κ3) is 4.57. The van der Waals surface area contributed by atoms with Gasteiger partial charge < -0.3 is 15.1 Å². The van der Waals surface area contributed by atoms with E-state index in [1.54, 1.807) is 23.0 Å². The molecule has 0 atom stereocenters. The normalized spacial score (nSPS) is 10.4. The van der Waals surface area contributed by atoms with Crippen molar-refractivity contribution < 1.29 is 14.0 Å². The van der Waals surface area contributed by atoms with E-state index in [1.807, 2.05) is 36.5 Å². The van der Waals surface area contributed by atoms with Gasteiger partial charge in [-0.05, 0) is 48.9 Å². The van der Waals surface area contributed by atoms with Crippen molar-refractivity contribution >= 4 is 17.5 Å². The Kier molecular flexibility index (Phi) is 5.26.